The van der Waals surface area contributed by atoms with Gasteiger partial charge in [0.2, 0.25) is 11.8 Å². The summed E-state index contributed by atoms with van der Waals surface area (Å²) in [6, 6.07) is 12.0. The number of ketones is 2. The predicted octanol–water partition coefficient (Wildman–Crippen LogP) is 4.68. The van der Waals surface area contributed by atoms with Gasteiger partial charge in [-0.05, 0) is 67.2 Å². The van der Waals surface area contributed by atoms with Gasteiger partial charge < -0.3 is 9.84 Å². The highest BCUT2D eigenvalue weighted by molar-refractivity contribution is 6.25. The molecule has 0 bridgehead atoms. The molecule has 2 amide bonds. The maximum Gasteiger partial charge on any atom is 0.238 e. The number of rotatable bonds is 4. The van der Waals surface area contributed by atoms with E-state index in [1.807, 2.05) is 6.08 Å². The van der Waals surface area contributed by atoms with Crippen LogP contribution in [0.1, 0.15) is 36.8 Å². The predicted molar refractivity (Wildman–Crippen MR) is 145 cm³/mol. The normalized spacial score (nSPS) is 26.1. The molecule has 1 saturated heterocycles. The standard InChI is InChI=1S/C32H27NO6/c1-4-17-5-8-19(9-6-17)33-31(37)21-11-10-20-22(28(21)32(33)38)15-23-29(25(35)13-16(2)30(23)36)27(20)18-7-12-26(39-3)24(34)14-18/h4-10,12-14,21-22,27-28,34H,1,11,15H2,2-3H3. The second kappa shape index (κ2) is 9.05. The molecule has 1 N–H and O–H groups in total. The fraction of sp³-hybridized carbons (Fsp3) is 0.250. The number of hydrogen-bond acceptors (Lipinski definition) is 6. The van der Waals surface area contributed by atoms with E-state index < -0.39 is 23.7 Å². The van der Waals surface area contributed by atoms with Crippen LogP contribution in [0.15, 0.2) is 83.5 Å². The fourth-order valence-corrected chi connectivity index (χ4v) is 6.66. The van der Waals surface area contributed by atoms with Crippen molar-refractivity contribution in [2.24, 2.45) is 17.8 Å². The van der Waals surface area contributed by atoms with Crippen LogP contribution >= 0.6 is 0 Å². The summed E-state index contributed by atoms with van der Waals surface area (Å²) in [7, 11) is 1.45. The molecule has 7 nitrogen and oxygen atoms in total. The number of phenols is 1. The zero-order valence-electron chi connectivity index (χ0n) is 21.6. The Bertz CT molecular complexity index is 1570. The third kappa shape index (κ3) is 3.64. The zero-order valence-corrected chi connectivity index (χ0v) is 21.6. The van der Waals surface area contributed by atoms with Crippen molar-refractivity contribution in [1.29, 1.82) is 0 Å². The highest BCUT2D eigenvalue weighted by atomic mass is 16.5. The SMILES string of the molecule is C=Cc1ccc(N2C(=O)C3CC=C4C(c5ccc(OC)c(O)c5)C5=C(CC4C3C2=O)C(=O)C(C)=CC5=O)cc1. The van der Waals surface area contributed by atoms with Gasteiger partial charge in [0, 0.05) is 22.6 Å². The highest BCUT2D eigenvalue weighted by Gasteiger charge is 2.56. The summed E-state index contributed by atoms with van der Waals surface area (Å²) in [6.45, 7) is 5.37. The third-order valence-electron chi connectivity index (χ3n) is 8.49. The van der Waals surface area contributed by atoms with Gasteiger partial charge in [0.1, 0.15) is 0 Å². The summed E-state index contributed by atoms with van der Waals surface area (Å²) in [5, 5.41) is 10.6. The van der Waals surface area contributed by atoms with Crippen LogP contribution in [0.3, 0.4) is 0 Å². The maximum absolute atomic E-state index is 13.9. The maximum atomic E-state index is 13.9. The number of aromatic hydroxyl groups is 1. The first-order valence-electron chi connectivity index (χ1n) is 12.9. The molecule has 0 spiro atoms. The average Bonchev–Trinajstić information content (AvgIpc) is 3.20. The summed E-state index contributed by atoms with van der Waals surface area (Å²) in [4.78, 5) is 55.5. The number of anilines is 1. The van der Waals surface area contributed by atoms with Crippen molar-refractivity contribution >= 4 is 35.1 Å². The first-order valence-corrected chi connectivity index (χ1v) is 12.9. The Balaban J connectivity index is 1.47. The van der Waals surface area contributed by atoms with Crippen LogP contribution in [-0.4, -0.2) is 35.6 Å². The van der Waals surface area contributed by atoms with Crippen LogP contribution in [-0.2, 0) is 19.2 Å². The summed E-state index contributed by atoms with van der Waals surface area (Å²) in [5.74, 6) is -3.09. The number of methoxy groups -OCH3 is 1. The molecule has 1 heterocycles. The van der Waals surface area contributed by atoms with E-state index in [1.54, 1.807) is 55.5 Å². The quantitative estimate of drug-likeness (QED) is 0.356. The lowest BCUT2D eigenvalue weighted by Crippen LogP contribution is -2.39. The van der Waals surface area contributed by atoms with Gasteiger partial charge in [0.25, 0.3) is 0 Å². The molecule has 7 heteroatoms. The van der Waals surface area contributed by atoms with Crippen LogP contribution in [0, 0.1) is 17.8 Å². The lowest BCUT2D eigenvalue weighted by molar-refractivity contribution is -0.123. The Hall–Kier alpha value is -4.52. The number of fused-ring (bicyclic) bond motifs is 3. The number of nitrogens with zero attached hydrogens (tertiary/aromatic N) is 1. The van der Waals surface area contributed by atoms with Crippen LogP contribution in [0.25, 0.3) is 6.08 Å². The molecule has 196 valence electrons. The second-order valence-electron chi connectivity index (χ2n) is 10.5. The van der Waals surface area contributed by atoms with Crippen molar-refractivity contribution in [2.75, 3.05) is 12.0 Å². The molecule has 3 aliphatic carbocycles. The van der Waals surface area contributed by atoms with E-state index in [1.165, 1.54) is 18.1 Å². The number of hydrogen-bond donors (Lipinski definition) is 1. The number of carbonyl (C=O) groups is 4. The summed E-state index contributed by atoms with van der Waals surface area (Å²) in [6.07, 6.45) is 5.57. The van der Waals surface area contributed by atoms with E-state index in [-0.39, 0.29) is 41.3 Å². The molecule has 39 heavy (non-hydrogen) atoms. The van der Waals surface area contributed by atoms with Gasteiger partial charge in [0.15, 0.2) is 23.1 Å². The number of benzene rings is 2. The Morgan fingerprint density at radius 1 is 1.03 bits per heavy atom. The number of Topliss-reactive ketones (excluding diaryl/α,β-unsaturated/α-hetero) is 1. The highest BCUT2D eigenvalue weighted by Crippen LogP contribution is 2.55. The lowest BCUT2D eigenvalue weighted by Gasteiger charge is -2.42. The minimum absolute atomic E-state index is 0.0869. The van der Waals surface area contributed by atoms with Crippen molar-refractivity contribution in [1.82, 2.24) is 0 Å². The minimum Gasteiger partial charge on any atom is -0.504 e. The van der Waals surface area contributed by atoms with Gasteiger partial charge in [0.05, 0.1) is 24.6 Å². The number of ether oxygens (including phenoxy) is 1. The topological polar surface area (TPSA) is 101 Å². The molecule has 1 aliphatic heterocycles. The van der Waals surface area contributed by atoms with Crippen LogP contribution in [0.2, 0.25) is 0 Å². The van der Waals surface area contributed by atoms with Crippen LogP contribution in [0.5, 0.6) is 11.5 Å². The number of carbonyl (C=O) groups excluding carboxylic acids is 4. The Morgan fingerprint density at radius 2 is 1.77 bits per heavy atom. The third-order valence-corrected chi connectivity index (χ3v) is 8.49. The Morgan fingerprint density at radius 3 is 2.44 bits per heavy atom. The Kier molecular flexibility index (Phi) is 5.75. The molecule has 4 aliphatic rings. The smallest absolute Gasteiger partial charge is 0.238 e. The molecule has 0 radical (unpaired) electrons. The number of amides is 2. The number of phenolic OH excluding ortho intramolecular Hbond substituents is 1. The van der Waals surface area contributed by atoms with Crippen molar-refractivity contribution in [2.45, 2.75) is 25.7 Å². The van der Waals surface area contributed by atoms with Gasteiger partial charge in [-0.1, -0.05) is 42.5 Å². The van der Waals surface area contributed by atoms with E-state index in [2.05, 4.69) is 6.58 Å². The molecular formula is C32H27NO6. The average molecular weight is 522 g/mol. The van der Waals surface area contributed by atoms with Crippen molar-refractivity contribution < 1.29 is 29.0 Å². The van der Waals surface area contributed by atoms with Crippen molar-refractivity contribution in [3.63, 3.8) is 0 Å². The molecule has 1 fully saturated rings. The van der Waals surface area contributed by atoms with Gasteiger partial charge >= 0.3 is 0 Å². The van der Waals surface area contributed by atoms with Crippen LogP contribution in [0.4, 0.5) is 5.69 Å². The second-order valence-corrected chi connectivity index (χ2v) is 10.5. The Labute approximate surface area is 225 Å². The van der Waals surface area contributed by atoms with Gasteiger partial charge in [-0.25, -0.2) is 0 Å². The van der Waals surface area contributed by atoms with E-state index in [0.717, 1.165) is 11.1 Å². The van der Waals surface area contributed by atoms with Gasteiger partial charge in [-0.2, -0.15) is 0 Å². The van der Waals surface area contributed by atoms with Crippen LogP contribution < -0.4 is 9.64 Å². The minimum atomic E-state index is -0.658. The summed E-state index contributed by atoms with van der Waals surface area (Å²) >= 11 is 0. The molecule has 6 rings (SSSR count). The molecule has 4 unspecified atom stereocenters. The first-order chi connectivity index (χ1) is 18.7. The zero-order chi connectivity index (χ0) is 27.6. The van der Waals surface area contributed by atoms with Crippen molar-refractivity contribution in [3.8, 4) is 11.5 Å². The van der Waals surface area contributed by atoms with E-state index >= 15 is 0 Å². The molecule has 2 aromatic rings. The first kappa shape index (κ1) is 24.8. The van der Waals surface area contributed by atoms with E-state index in [0.29, 0.717) is 34.4 Å². The number of imide groups is 1. The number of allylic oxidation sites excluding steroid dienone is 6. The molecule has 4 atom stereocenters. The van der Waals surface area contributed by atoms with E-state index in [9.17, 15) is 24.3 Å². The monoisotopic (exact) mass is 521 g/mol. The largest absolute Gasteiger partial charge is 0.504 e. The molecule has 2 aromatic carbocycles. The lowest BCUT2D eigenvalue weighted by atomic mass is 9.59. The fourth-order valence-electron chi connectivity index (χ4n) is 6.66. The molecular weight excluding hydrogens is 494 g/mol. The van der Waals surface area contributed by atoms with Gasteiger partial charge in [-0.3, -0.25) is 24.1 Å². The summed E-state index contributed by atoms with van der Waals surface area (Å²) < 4.78 is 5.20. The summed E-state index contributed by atoms with van der Waals surface area (Å²) in [5.41, 5.74) is 3.95. The van der Waals surface area contributed by atoms with Gasteiger partial charge in [-0.15, -0.1) is 0 Å². The molecule has 0 saturated carbocycles. The van der Waals surface area contributed by atoms with E-state index in [4.69, 9.17) is 4.74 Å². The van der Waals surface area contributed by atoms with Crippen molar-refractivity contribution in [3.05, 3.63) is 94.6 Å². The molecule has 0 aromatic heterocycles.